The van der Waals surface area contributed by atoms with E-state index in [1.165, 1.54) is 0 Å². The molecule has 2 aromatic carbocycles. The molecule has 6 heteroatoms. The van der Waals surface area contributed by atoms with Gasteiger partial charge in [-0.05, 0) is 23.6 Å². The average molecular weight is 378 g/mol. The Balaban J connectivity index is 1.62. The number of benzene rings is 2. The van der Waals surface area contributed by atoms with E-state index in [0.717, 1.165) is 22.4 Å². The summed E-state index contributed by atoms with van der Waals surface area (Å²) in [5.74, 6) is 0.374. The molecular formula is C22H26N4O2. The van der Waals surface area contributed by atoms with Gasteiger partial charge in [0.2, 0.25) is 11.8 Å². The molecule has 0 saturated carbocycles. The molecule has 3 aromatic rings. The summed E-state index contributed by atoms with van der Waals surface area (Å²) in [4.78, 5) is 29.6. The van der Waals surface area contributed by atoms with Crippen LogP contribution in [0, 0.1) is 5.92 Å². The molecule has 0 aliphatic rings. The van der Waals surface area contributed by atoms with Crippen LogP contribution in [0.2, 0.25) is 0 Å². The number of hydrogen-bond donors (Lipinski definition) is 2. The molecular weight excluding hydrogens is 352 g/mol. The van der Waals surface area contributed by atoms with Gasteiger partial charge in [0.05, 0.1) is 24.0 Å². The largest absolute Gasteiger partial charge is 0.347 e. The topological polar surface area (TPSA) is 76.0 Å². The fourth-order valence-electron chi connectivity index (χ4n) is 3.17. The van der Waals surface area contributed by atoms with Crippen LogP contribution in [0.3, 0.4) is 0 Å². The van der Waals surface area contributed by atoms with E-state index in [9.17, 15) is 9.59 Å². The minimum Gasteiger partial charge on any atom is -0.347 e. The molecule has 1 aromatic heterocycles. The van der Waals surface area contributed by atoms with Crippen molar-refractivity contribution in [2.24, 2.45) is 13.0 Å². The van der Waals surface area contributed by atoms with Crippen molar-refractivity contribution in [2.45, 2.75) is 32.9 Å². The summed E-state index contributed by atoms with van der Waals surface area (Å²) in [6.07, 6.45) is 0.252. The number of hydrogen-bond acceptors (Lipinski definition) is 3. The molecule has 2 amide bonds. The molecule has 0 bridgehead atoms. The van der Waals surface area contributed by atoms with Gasteiger partial charge in [0, 0.05) is 7.05 Å². The van der Waals surface area contributed by atoms with E-state index in [0.29, 0.717) is 6.54 Å². The molecule has 0 saturated heterocycles. The standard InChI is InChI=1S/C22H26N4O2/c1-15(2)21(25-20(27)13-16-9-5-4-6-10-16)22(28)23-14-19-24-17-11-7-8-12-18(17)26(19)3/h4-12,15,21H,13-14H2,1-3H3,(H,23,28)(H,25,27). The van der Waals surface area contributed by atoms with Crippen molar-refractivity contribution >= 4 is 22.8 Å². The molecule has 2 N–H and O–H groups in total. The lowest BCUT2D eigenvalue weighted by Crippen LogP contribution is -2.50. The van der Waals surface area contributed by atoms with E-state index in [4.69, 9.17) is 0 Å². The van der Waals surface area contributed by atoms with Gasteiger partial charge in [-0.3, -0.25) is 9.59 Å². The van der Waals surface area contributed by atoms with Gasteiger partial charge < -0.3 is 15.2 Å². The number of amides is 2. The zero-order valence-corrected chi connectivity index (χ0v) is 16.5. The van der Waals surface area contributed by atoms with Crippen LogP contribution in [0.15, 0.2) is 54.6 Å². The van der Waals surface area contributed by atoms with Crippen LogP contribution in [0.1, 0.15) is 25.2 Å². The third-order valence-corrected chi connectivity index (χ3v) is 4.77. The number of aryl methyl sites for hydroxylation is 1. The molecule has 0 radical (unpaired) electrons. The van der Waals surface area contributed by atoms with Crippen LogP contribution >= 0.6 is 0 Å². The van der Waals surface area contributed by atoms with Crippen LogP contribution in [0.5, 0.6) is 0 Å². The van der Waals surface area contributed by atoms with Gasteiger partial charge in [-0.25, -0.2) is 4.98 Å². The lowest BCUT2D eigenvalue weighted by atomic mass is 10.0. The molecule has 0 spiro atoms. The summed E-state index contributed by atoms with van der Waals surface area (Å²) >= 11 is 0. The SMILES string of the molecule is CC(C)C(NC(=O)Cc1ccccc1)C(=O)NCc1nc2ccccc2n1C. The normalized spacial score (nSPS) is 12.1. The van der Waals surface area contributed by atoms with Crippen LogP contribution in [-0.2, 0) is 29.6 Å². The summed E-state index contributed by atoms with van der Waals surface area (Å²) in [7, 11) is 1.93. The first-order valence-electron chi connectivity index (χ1n) is 9.47. The van der Waals surface area contributed by atoms with Crippen molar-refractivity contribution in [3.05, 3.63) is 66.0 Å². The minimum absolute atomic E-state index is 0.0276. The van der Waals surface area contributed by atoms with Crippen molar-refractivity contribution < 1.29 is 9.59 Å². The van der Waals surface area contributed by atoms with Crippen LogP contribution in [0.4, 0.5) is 0 Å². The fourth-order valence-corrected chi connectivity index (χ4v) is 3.17. The molecule has 146 valence electrons. The summed E-state index contributed by atoms with van der Waals surface area (Å²) < 4.78 is 1.97. The maximum atomic E-state index is 12.7. The van der Waals surface area contributed by atoms with E-state index in [2.05, 4.69) is 15.6 Å². The Morgan fingerprint density at radius 3 is 2.39 bits per heavy atom. The second-order valence-electron chi connectivity index (χ2n) is 7.25. The Morgan fingerprint density at radius 1 is 1.04 bits per heavy atom. The van der Waals surface area contributed by atoms with Gasteiger partial charge in [0.25, 0.3) is 0 Å². The predicted molar refractivity (Wildman–Crippen MR) is 109 cm³/mol. The van der Waals surface area contributed by atoms with Gasteiger partial charge in [-0.2, -0.15) is 0 Å². The number of nitrogens with zero attached hydrogens (tertiary/aromatic N) is 2. The van der Waals surface area contributed by atoms with E-state index in [1.807, 2.05) is 80.1 Å². The molecule has 0 aliphatic heterocycles. The fraction of sp³-hybridized carbons (Fsp3) is 0.318. The van der Waals surface area contributed by atoms with E-state index >= 15 is 0 Å². The number of imidazole rings is 1. The van der Waals surface area contributed by atoms with Crippen LogP contribution in [0.25, 0.3) is 11.0 Å². The Hall–Kier alpha value is -3.15. The highest BCUT2D eigenvalue weighted by atomic mass is 16.2. The summed E-state index contributed by atoms with van der Waals surface area (Å²) in [6.45, 7) is 4.14. The van der Waals surface area contributed by atoms with Gasteiger partial charge in [0.1, 0.15) is 11.9 Å². The number of rotatable bonds is 7. The van der Waals surface area contributed by atoms with Crippen molar-refractivity contribution in [3.63, 3.8) is 0 Å². The smallest absolute Gasteiger partial charge is 0.243 e. The predicted octanol–water partition coefficient (Wildman–Crippen LogP) is 2.57. The first-order chi connectivity index (χ1) is 13.5. The summed E-state index contributed by atoms with van der Waals surface area (Å²) in [6, 6.07) is 16.7. The monoisotopic (exact) mass is 378 g/mol. The lowest BCUT2D eigenvalue weighted by Gasteiger charge is -2.21. The Bertz CT molecular complexity index is 963. The van der Waals surface area contributed by atoms with E-state index < -0.39 is 6.04 Å². The highest BCUT2D eigenvalue weighted by Crippen LogP contribution is 2.14. The number of para-hydroxylation sites is 2. The number of carbonyl (C=O) groups excluding carboxylic acids is 2. The summed E-state index contributed by atoms with van der Waals surface area (Å²) in [5.41, 5.74) is 2.83. The molecule has 1 heterocycles. The molecule has 28 heavy (non-hydrogen) atoms. The first-order valence-corrected chi connectivity index (χ1v) is 9.47. The second-order valence-corrected chi connectivity index (χ2v) is 7.25. The minimum atomic E-state index is -0.592. The van der Waals surface area contributed by atoms with Gasteiger partial charge >= 0.3 is 0 Å². The third kappa shape index (κ3) is 4.57. The summed E-state index contributed by atoms with van der Waals surface area (Å²) in [5, 5.41) is 5.78. The van der Waals surface area contributed by atoms with Gasteiger partial charge in [0.15, 0.2) is 0 Å². The molecule has 3 rings (SSSR count). The van der Waals surface area contributed by atoms with E-state index in [1.54, 1.807) is 0 Å². The molecule has 6 nitrogen and oxygen atoms in total. The quantitative estimate of drug-likeness (QED) is 0.663. The maximum absolute atomic E-state index is 12.7. The zero-order chi connectivity index (χ0) is 20.1. The number of aromatic nitrogens is 2. The molecule has 0 fully saturated rings. The number of fused-ring (bicyclic) bond motifs is 1. The van der Waals surface area contributed by atoms with Gasteiger partial charge in [-0.15, -0.1) is 0 Å². The van der Waals surface area contributed by atoms with E-state index in [-0.39, 0.29) is 24.2 Å². The van der Waals surface area contributed by atoms with Crippen molar-refractivity contribution in [1.29, 1.82) is 0 Å². The Kier molecular flexibility index (Phi) is 6.09. The highest BCUT2D eigenvalue weighted by molar-refractivity contribution is 5.88. The van der Waals surface area contributed by atoms with Crippen molar-refractivity contribution in [1.82, 2.24) is 20.2 Å². The third-order valence-electron chi connectivity index (χ3n) is 4.77. The lowest BCUT2D eigenvalue weighted by molar-refractivity contribution is -0.129. The molecule has 1 unspecified atom stereocenters. The zero-order valence-electron chi connectivity index (χ0n) is 16.5. The van der Waals surface area contributed by atoms with Crippen LogP contribution in [-0.4, -0.2) is 27.4 Å². The highest BCUT2D eigenvalue weighted by Gasteiger charge is 2.24. The van der Waals surface area contributed by atoms with Crippen molar-refractivity contribution in [2.75, 3.05) is 0 Å². The maximum Gasteiger partial charge on any atom is 0.243 e. The number of carbonyl (C=O) groups is 2. The molecule has 1 atom stereocenters. The Labute approximate surface area is 165 Å². The first kappa shape index (κ1) is 19.6. The second kappa shape index (κ2) is 8.69. The van der Waals surface area contributed by atoms with Crippen molar-refractivity contribution in [3.8, 4) is 0 Å². The Morgan fingerprint density at radius 2 is 1.71 bits per heavy atom. The average Bonchev–Trinajstić information content (AvgIpc) is 3.01. The van der Waals surface area contributed by atoms with Gasteiger partial charge in [-0.1, -0.05) is 56.3 Å². The number of nitrogens with one attached hydrogen (secondary N) is 2. The molecule has 0 aliphatic carbocycles. The van der Waals surface area contributed by atoms with Crippen LogP contribution < -0.4 is 10.6 Å².